The lowest BCUT2D eigenvalue weighted by Crippen LogP contribution is -2.50. The molecule has 0 aromatic heterocycles. The van der Waals surface area contributed by atoms with Gasteiger partial charge in [0.05, 0.1) is 0 Å². The SMILES string of the molecule is CCC1(CC)CN(CCC2CCC2)CCCN1. The minimum Gasteiger partial charge on any atom is -0.310 e. The van der Waals surface area contributed by atoms with Crippen molar-refractivity contribution >= 4 is 0 Å². The molecule has 2 rings (SSSR count). The quantitative estimate of drug-likeness (QED) is 0.792. The largest absolute Gasteiger partial charge is 0.310 e. The highest BCUT2D eigenvalue weighted by atomic mass is 15.2. The molecule has 1 saturated heterocycles. The van der Waals surface area contributed by atoms with Gasteiger partial charge >= 0.3 is 0 Å². The van der Waals surface area contributed by atoms with Crippen LogP contribution in [0.2, 0.25) is 0 Å². The van der Waals surface area contributed by atoms with Crippen molar-refractivity contribution in [1.29, 1.82) is 0 Å². The van der Waals surface area contributed by atoms with Crippen molar-refractivity contribution in [3.8, 4) is 0 Å². The van der Waals surface area contributed by atoms with Crippen molar-refractivity contribution < 1.29 is 0 Å². The van der Waals surface area contributed by atoms with E-state index in [0.29, 0.717) is 5.54 Å². The Morgan fingerprint density at radius 3 is 2.53 bits per heavy atom. The standard InChI is InChI=1S/C15H30N2/c1-3-15(4-2)13-17(11-6-10-16-15)12-9-14-7-5-8-14/h14,16H,3-13H2,1-2H3. The van der Waals surface area contributed by atoms with Crippen LogP contribution < -0.4 is 5.32 Å². The summed E-state index contributed by atoms with van der Waals surface area (Å²) in [5, 5.41) is 3.80. The van der Waals surface area contributed by atoms with Gasteiger partial charge in [-0.3, -0.25) is 0 Å². The van der Waals surface area contributed by atoms with Gasteiger partial charge in [0.25, 0.3) is 0 Å². The molecular weight excluding hydrogens is 208 g/mol. The van der Waals surface area contributed by atoms with Crippen LogP contribution in [0.15, 0.2) is 0 Å². The molecule has 0 atom stereocenters. The van der Waals surface area contributed by atoms with Gasteiger partial charge in [0, 0.05) is 12.1 Å². The van der Waals surface area contributed by atoms with E-state index in [2.05, 4.69) is 24.1 Å². The normalized spacial score (nSPS) is 26.5. The van der Waals surface area contributed by atoms with E-state index in [9.17, 15) is 0 Å². The first-order valence-corrected chi connectivity index (χ1v) is 7.75. The molecule has 2 aliphatic rings. The topological polar surface area (TPSA) is 15.3 Å². The Morgan fingerprint density at radius 2 is 1.94 bits per heavy atom. The number of hydrogen-bond acceptors (Lipinski definition) is 2. The maximum Gasteiger partial charge on any atom is 0.0303 e. The van der Waals surface area contributed by atoms with Gasteiger partial charge in [0.15, 0.2) is 0 Å². The van der Waals surface area contributed by atoms with Crippen molar-refractivity contribution in [2.75, 3.05) is 26.2 Å². The maximum atomic E-state index is 3.80. The lowest BCUT2D eigenvalue weighted by molar-refractivity contribution is 0.172. The zero-order valence-corrected chi connectivity index (χ0v) is 11.8. The molecule has 0 bridgehead atoms. The fourth-order valence-electron chi connectivity index (χ4n) is 3.28. The molecule has 17 heavy (non-hydrogen) atoms. The summed E-state index contributed by atoms with van der Waals surface area (Å²) in [5.41, 5.74) is 0.399. The molecular formula is C15H30N2. The van der Waals surface area contributed by atoms with Crippen LogP contribution in [0.4, 0.5) is 0 Å². The molecule has 1 saturated carbocycles. The third-order valence-corrected chi connectivity index (χ3v) is 5.11. The molecule has 2 fully saturated rings. The van der Waals surface area contributed by atoms with Crippen LogP contribution in [0, 0.1) is 5.92 Å². The van der Waals surface area contributed by atoms with Crippen LogP contribution in [0.25, 0.3) is 0 Å². The average molecular weight is 238 g/mol. The van der Waals surface area contributed by atoms with Crippen LogP contribution >= 0.6 is 0 Å². The predicted molar refractivity (Wildman–Crippen MR) is 74.3 cm³/mol. The minimum absolute atomic E-state index is 0.399. The lowest BCUT2D eigenvalue weighted by Gasteiger charge is -2.36. The molecule has 2 heteroatoms. The van der Waals surface area contributed by atoms with E-state index in [0.717, 1.165) is 5.92 Å². The molecule has 2 nitrogen and oxygen atoms in total. The van der Waals surface area contributed by atoms with Gasteiger partial charge in [0.1, 0.15) is 0 Å². The number of nitrogens with zero attached hydrogens (tertiary/aromatic N) is 1. The van der Waals surface area contributed by atoms with E-state index < -0.39 is 0 Å². The van der Waals surface area contributed by atoms with Gasteiger partial charge in [0.2, 0.25) is 0 Å². The summed E-state index contributed by atoms with van der Waals surface area (Å²) in [6.45, 7) is 9.81. The molecule has 1 aliphatic carbocycles. The van der Waals surface area contributed by atoms with E-state index in [1.807, 2.05) is 0 Å². The highest BCUT2D eigenvalue weighted by molar-refractivity contribution is 4.91. The van der Waals surface area contributed by atoms with E-state index in [4.69, 9.17) is 0 Å². The molecule has 0 amide bonds. The minimum atomic E-state index is 0.399. The van der Waals surface area contributed by atoms with Crippen molar-refractivity contribution in [2.24, 2.45) is 5.92 Å². The van der Waals surface area contributed by atoms with Gasteiger partial charge in [-0.1, -0.05) is 33.1 Å². The van der Waals surface area contributed by atoms with Crippen molar-refractivity contribution in [3.63, 3.8) is 0 Å². The summed E-state index contributed by atoms with van der Waals surface area (Å²) in [7, 11) is 0. The first-order chi connectivity index (χ1) is 8.28. The Hall–Kier alpha value is -0.0800. The average Bonchev–Trinajstić information content (AvgIpc) is 2.50. The van der Waals surface area contributed by atoms with Crippen LogP contribution in [-0.2, 0) is 0 Å². The van der Waals surface area contributed by atoms with Crippen molar-refractivity contribution in [1.82, 2.24) is 10.2 Å². The Kier molecular flexibility index (Phi) is 4.87. The van der Waals surface area contributed by atoms with Crippen LogP contribution in [0.1, 0.15) is 58.8 Å². The number of nitrogens with one attached hydrogen (secondary N) is 1. The van der Waals surface area contributed by atoms with Gasteiger partial charge in [-0.25, -0.2) is 0 Å². The van der Waals surface area contributed by atoms with Crippen LogP contribution in [0.5, 0.6) is 0 Å². The van der Waals surface area contributed by atoms with Gasteiger partial charge in [-0.15, -0.1) is 0 Å². The highest BCUT2D eigenvalue weighted by Crippen LogP contribution is 2.30. The summed E-state index contributed by atoms with van der Waals surface area (Å²) >= 11 is 0. The van der Waals surface area contributed by atoms with Gasteiger partial charge in [-0.05, 0) is 51.2 Å². The molecule has 1 N–H and O–H groups in total. The summed E-state index contributed by atoms with van der Waals surface area (Å²) < 4.78 is 0. The zero-order chi connectivity index (χ0) is 12.1. The van der Waals surface area contributed by atoms with E-state index in [1.165, 1.54) is 71.1 Å². The third-order valence-electron chi connectivity index (χ3n) is 5.11. The molecule has 0 aromatic rings. The summed E-state index contributed by atoms with van der Waals surface area (Å²) in [4.78, 5) is 2.73. The van der Waals surface area contributed by atoms with Crippen molar-refractivity contribution in [3.05, 3.63) is 0 Å². The molecule has 1 aliphatic heterocycles. The molecule has 0 unspecified atom stereocenters. The zero-order valence-electron chi connectivity index (χ0n) is 11.8. The Bertz CT molecular complexity index is 219. The molecule has 0 radical (unpaired) electrons. The highest BCUT2D eigenvalue weighted by Gasteiger charge is 2.30. The van der Waals surface area contributed by atoms with Crippen molar-refractivity contribution in [2.45, 2.75) is 64.3 Å². The number of rotatable bonds is 5. The molecule has 0 aromatic carbocycles. The first-order valence-electron chi connectivity index (χ1n) is 7.75. The van der Waals surface area contributed by atoms with E-state index in [1.54, 1.807) is 0 Å². The fraction of sp³-hybridized carbons (Fsp3) is 1.00. The van der Waals surface area contributed by atoms with E-state index >= 15 is 0 Å². The molecule has 1 heterocycles. The van der Waals surface area contributed by atoms with Gasteiger partial charge < -0.3 is 10.2 Å². The van der Waals surface area contributed by atoms with Gasteiger partial charge in [-0.2, -0.15) is 0 Å². The monoisotopic (exact) mass is 238 g/mol. The lowest BCUT2D eigenvalue weighted by atomic mass is 9.83. The van der Waals surface area contributed by atoms with E-state index in [-0.39, 0.29) is 0 Å². The number of hydrogen-bond donors (Lipinski definition) is 1. The predicted octanol–water partition coefficient (Wildman–Crippen LogP) is 3.03. The second kappa shape index (κ2) is 6.19. The maximum absolute atomic E-state index is 3.80. The Morgan fingerprint density at radius 1 is 1.18 bits per heavy atom. The Balaban J connectivity index is 1.82. The summed E-state index contributed by atoms with van der Waals surface area (Å²) in [6, 6.07) is 0. The summed E-state index contributed by atoms with van der Waals surface area (Å²) in [6.07, 6.45) is 9.79. The second-order valence-electron chi connectivity index (χ2n) is 6.13. The first kappa shape index (κ1) is 13.4. The second-order valence-corrected chi connectivity index (χ2v) is 6.13. The fourth-order valence-corrected chi connectivity index (χ4v) is 3.28. The smallest absolute Gasteiger partial charge is 0.0303 e. The molecule has 0 spiro atoms. The third kappa shape index (κ3) is 3.45. The van der Waals surface area contributed by atoms with Crippen LogP contribution in [-0.4, -0.2) is 36.6 Å². The van der Waals surface area contributed by atoms with Crippen LogP contribution in [0.3, 0.4) is 0 Å². The molecule has 100 valence electrons. The summed E-state index contributed by atoms with van der Waals surface area (Å²) in [5.74, 6) is 1.06. The Labute approximate surface area is 107 Å².